The Morgan fingerprint density at radius 3 is 2.46 bits per heavy atom. The van der Waals surface area contributed by atoms with Gasteiger partial charge in [-0.05, 0) is 56.3 Å². The minimum atomic E-state index is 0. The maximum absolute atomic E-state index is 2.52. The molecule has 0 radical (unpaired) electrons. The summed E-state index contributed by atoms with van der Waals surface area (Å²) < 4.78 is 0. The monoisotopic (exact) mass is 362 g/mol. The second-order valence-corrected chi connectivity index (χ2v) is 7.79. The number of rotatable bonds is 5. The fourth-order valence-corrected chi connectivity index (χ4v) is 4.36. The smallest absolute Gasteiger partial charge is 0.0555 e. The van der Waals surface area contributed by atoms with Gasteiger partial charge in [-0.25, -0.2) is 0 Å². The average molecular weight is 363 g/mol. The van der Waals surface area contributed by atoms with Gasteiger partial charge >= 0.3 is 0 Å². The Hall–Kier alpha value is -1.16. The van der Waals surface area contributed by atoms with Gasteiger partial charge in [0.25, 0.3) is 0 Å². The van der Waals surface area contributed by atoms with Crippen LogP contribution in [0.3, 0.4) is 0 Å². The predicted octanol–water partition coefficient (Wildman–Crippen LogP) is 5.47. The van der Waals surface area contributed by atoms with E-state index in [1.54, 1.807) is 0 Å². The minimum absolute atomic E-state index is 0. The maximum Gasteiger partial charge on any atom is 0.0555 e. The van der Waals surface area contributed by atoms with Gasteiger partial charge in [0.05, 0.1) is 11.4 Å². The van der Waals surface area contributed by atoms with Gasteiger partial charge in [0.1, 0.15) is 0 Å². The SMILES string of the molecule is CCc1ccc2c(c1)N(CC(C)CN(C)C)c1ccccc1S2.Cl. The number of halogens is 1. The molecule has 2 aromatic carbocycles. The van der Waals surface area contributed by atoms with Crippen molar-refractivity contribution in [2.75, 3.05) is 32.1 Å². The second kappa shape index (κ2) is 8.28. The molecule has 0 saturated carbocycles. The first-order chi connectivity index (χ1) is 11.1. The molecule has 1 aliphatic heterocycles. The Morgan fingerprint density at radius 2 is 1.75 bits per heavy atom. The van der Waals surface area contributed by atoms with Crippen molar-refractivity contribution in [3.8, 4) is 0 Å². The largest absolute Gasteiger partial charge is 0.339 e. The van der Waals surface area contributed by atoms with Crippen molar-refractivity contribution < 1.29 is 0 Å². The quantitative estimate of drug-likeness (QED) is 0.696. The lowest BCUT2D eigenvalue weighted by Crippen LogP contribution is -2.31. The Bertz CT molecular complexity index is 687. The van der Waals surface area contributed by atoms with E-state index in [1.165, 1.54) is 26.7 Å². The number of para-hydroxylation sites is 1. The maximum atomic E-state index is 2.52. The van der Waals surface area contributed by atoms with Crippen molar-refractivity contribution in [3.63, 3.8) is 0 Å². The second-order valence-electron chi connectivity index (χ2n) is 6.70. The Morgan fingerprint density at radius 1 is 1.04 bits per heavy atom. The number of hydrogen-bond acceptors (Lipinski definition) is 3. The summed E-state index contributed by atoms with van der Waals surface area (Å²) in [6.07, 6.45) is 1.08. The first-order valence-electron chi connectivity index (χ1n) is 8.40. The molecular weight excluding hydrogens is 336 g/mol. The van der Waals surface area contributed by atoms with E-state index in [2.05, 4.69) is 80.2 Å². The molecular formula is C20H27ClN2S. The third-order valence-corrected chi connectivity index (χ3v) is 5.40. The highest BCUT2D eigenvalue weighted by Crippen LogP contribution is 2.48. The van der Waals surface area contributed by atoms with Gasteiger partial charge < -0.3 is 9.80 Å². The lowest BCUT2D eigenvalue weighted by molar-refractivity contribution is 0.343. The molecule has 2 aromatic rings. The minimum Gasteiger partial charge on any atom is -0.339 e. The molecule has 0 bridgehead atoms. The predicted molar refractivity (Wildman–Crippen MR) is 108 cm³/mol. The molecule has 1 unspecified atom stereocenters. The molecule has 4 heteroatoms. The molecule has 1 aliphatic rings. The number of anilines is 2. The molecule has 3 rings (SSSR count). The van der Waals surface area contributed by atoms with Gasteiger partial charge in [-0.2, -0.15) is 0 Å². The third-order valence-electron chi connectivity index (χ3n) is 4.27. The lowest BCUT2D eigenvalue weighted by Gasteiger charge is -2.35. The van der Waals surface area contributed by atoms with Gasteiger partial charge in [-0.3, -0.25) is 0 Å². The molecule has 1 atom stereocenters. The summed E-state index contributed by atoms with van der Waals surface area (Å²) in [5.41, 5.74) is 4.14. The van der Waals surface area contributed by atoms with Gasteiger partial charge in [0, 0.05) is 22.9 Å². The van der Waals surface area contributed by atoms with Crippen LogP contribution >= 0.6 is 24.2 Å². The van der Waals surface area contributed by atoms with Crippen LogP contribution in [0.25, 0.3) is 0 Å². The Balaban J connectivity index is 0.00000208. The van der Waals surface area contributed by atoms with Crippen molar-refractivity contribution >= 4 is 35.5 Å². The van der Waals surface area contributed by atoms with Crippen LogP contribution in [0.5, 0.6) is 0 Å². The van der Waals surface area contributed by atoms with E-state index in [0.29, 0.717) is 5.92 Å². The van der Waals surface area contributed by atoms with E-state index < -0.39 is 0 Å². The van der Waals surface area contributed by atoms with E-state index in [9.17, 15) is 0 Å². The van der Waals surface area contributed by atoms with Crippen molar-refractivity contribution in [3.05, 3.63) is 48.0 Å². The summed E-state index contributed by atoms with van der Waals surface area (Å²) in [5.74, 6) is 0.610. The lowest BCUT2D eigenvalue weighted by atomic mass is 10.1. The van der Waals surface area contributed by atoms with E-state index in [0.717, 1.165) is 19.5 Å². The van der Waals surface area contributed by atoms with Crippen molar-refractivity contribution in [1.82, 2.24) is 4.90 Å². The molecule has 0 aromatic heterocycles. The number of aryl methyl sites for hydroxylation is 1. The fourth-order valence-electron chi connectivity index (χ4n) is 3.28. The van der Waals surface area contributed by atoms with Crippen molar-refractivity contribution in [2.24, 2.45) is 5.92 Å². The zero-order chi connectivity index (χ0) is 16.4. The number of nitrogens with zero attached hydrogens (tertiary/aromatic N) is 2. The van der Waals surface area contributed by atoms with Crippen LogP contribution in [-0.4, -0.2) is 32.1 Å². The van der Waals surface area contributed by atoms with Gasteiger partial charge in [0.2, 0.25) is 0 Å². The topological polar surface area (TPSA) is 6.48 Å². The van der Waals surface area contributed by atoms with Crippen LogP contribution in [0.4, 0.5) is 11.4 Å². The van der Waals surface area contributed by atoms with Crippen LogP contribution in [0.1, 0.15) is 19.4 Å². The highest BCUT2D eigenvalue weighted by Gasteiger charge is 2.24. The number of fused-ring (bicyclic) bond motifs is 2. The molecule has 24 heavy (non-hydrogen) atoms. The summed E-state index contributed by atoms with van der Waals surface area (Å²) in [6, 6.07) is 15.7. The van der Waals surface area contributed by atoms with Crippen LogP contribution < -0.4 is 4.90 Å². The number of hydrogen-bond donors (Lipinski definition) is 0. The van der Waals surface area contributed by atoms with E-state index >= 15 is 0 Å². The van der Waals surface area contributed by atoms with Crippen LogP contribution in [0, 0.1) is 5.92 Å². The molecule has 1 heterocycles. The van der Waals surface area contributed by atoms with Gasteiger partial charge in [-0.15, -0.1) is 12.4 Å². The molecule has 0 amide bonds. The zero-order valence-electron chi connectivity index (χ0n) is 15.0. The standard InChI is InChI=1S/C20H26N2S.ClH/c1-5-16-10-11-20-18(12-16)22(14-15(2)13-21(3)4)17-8-6-7-9-19(17)23-20;/h6-12,15H,5,13-14H2,1-4H3;1H. The molecule has 130 valence electrons. The molecule has 2 nitrogen and oxygen atoms in total. The average Bonchev–Trinajstić information content (AvgIpc) is 2.53. The summed E-state index contributed by atoms with van der Waals surface area (Å²) in [5, 5.41) is 0. The first kappa shape index (κ1) is 19.2. The van der Waals surface area contributed by atoms with Crippen LogP contribution in [0.15, 0.2) is 52.3 Å². The van der Waals surface area contributed by atoms with E-state index in [-0.39, 0.29) is 12.4 Å². The number of benzene rings is 2. The first-order valence-corrected chi connectivity index (χ1v) is 9.22. The molecule has 0 aliphatic carbocycles. The summed E-state index contributed by atoms with van der Waals surface area (Å²) in [7, 11) is 4.30. The Labute approximate surface area is 156 Å². The van der Waals surface area contributed by atoms with Crippen molar-refractivity contribution in [2.45, 2.75) is 30.1 Å². The van der Waals surface area contributed by atoms with Gasteiger partial charge in [0.15, 0.2) is 0 Å². The van der Waals surface area contributed by atoms with E-state index in [1.807, 2.05) is 11.8 Å². The van der Waals surface area contributed by atoms with Crippen LogP contribution in [0.2, 0.25) is 0 Å². The molecule has 0 saturated heterocycles. The highest BCUT2D eigenvalue weighted by atomic mass is 35.5. The van der Waals surface area contributed by atoms with Crippen LogP contribution in [-0.2, 0) is 6.42 Å². The van der Waals surface area contributed by atoms with Gasteiger partial charge in [-0.1, -0.05) is 43.8 Å². The molecule has 0 spiro atoms. The zero-order valence-corrected chi connectivity index (χ0v) is 16.6. The van der Waals surface area contributed by atoms with Crippen molar-refractivity contribution in [1.29, 1.82) is 0 Å². The van der Waals surface area contributed by atoms with E-state index in [4.69, 9.17) is 0 Å². The fraction of sp³-hybridized carbons (Fsp3) is 0.400. The summed E-state index contributed by atoms with van der Waals surface area (Å²) in [4.78, 5) is 7.53. The summed E-state index contributed by atoms with van der Waals surface area (Å²) in [6.45, 7) is 6.73. The highest BCUT2D eigenvalue weighted by molar-refractivity contribution is 7.99. The molecule has 0 N–H and O–H groups in total. The summed E-state index contributed by atoms with van der Waals surface area (Å²) >= 11 is 1.89. The normalized spacial score (nSPS) is 14.0. The Kier molecular flexibility index (Phi) is 6.62. The molecule has 0 fully saturated rings. The third kappa shape index (κ3) is 4.08.